The molecule has 0 saturated carbocycles. The van der Waals surface area contributed by atoms with Gasteiger partial charge in [-0.1, -0.05) is 5.16 Å². The van der Waals surface area contributed by atoms with E-state index in [1.165, 1.54) is 6.33 Å². The third kappa shape index (κ3) is 2.19. The van der Waals surface area contributed by atoms with Gasteiger partial charge >= 0.3 is 0 Å². The zero-order valence-electron chi connectivity index (χ0n) is 11.6. The molecule has 0 aromatic carbocycles. The lowest BCUT2D eigenvalue weighted by atomic mass is 10.0. The van der Waals surface area contributed by atoms with Crippen LogP contribution in [0.25, 0.3) is 0 Å². The summed E-state index contributed by atoms with van der Waals surface area (Å²) in [5.41, 5.74) is 1.24. The predicted molar refractivity (Wildman–Crippen MR) is 70.2 cm³/mol. The molecule has 20 heavy (non-hydrogen) atoms. The number of aryl methyl sites for hydroxylation is 2. The van der Waals surface area contributed by atoms with Gasteiger partial charge in [0, 0.05) is 13.1 Å². The van der Waals surface area contributed by atoms with Crippen molar-refractivity contribution in [3.8, 4) is 0 Å². The zero-order chi connectivity index (χ0) is 14.1. The molecule has 1 aliphatic rings. The molecule has 1 amide bonds. The second kappa shape index (κ2) is 5.07. The van der Waals surface area contributed by atoms with Crippen molar-refractivity contribution < 1.29 is 9.32 Å². The van der Waals surface area contributed by atoms with Crippen molar-refractivity contribution >= 4 is 5.91 Å². The summed E-state index contributed by atoms with van der Waals surface area (Å²) in [4.78, 5) is 18.4. The van der Waals surface area contributed by atoms with Crippen molar-refractivity contribution in [2.24, 2.45) is 0 Å². The summed E-state index contributed by atoms with van der Waals surface area (Å²) in [5.74, 6) is 0.571. The standard InChI is InChI=1S/C13H17N5O2/c1-9-12(10(2)20-16-9)13(19)17-5-3-4-11(6-17)18-8-14-7-15-18/h7-8,11H,3-6H2,1-2H3/t11-/m0/s1. The highest BCUT2D eigenvalue weighted by Gasteiger charge is 2.29. The smallest absolute Gasteiger partial charge is 0.259 e. The Bertz CT molecular complexity index is 585. The van der Waals surface area contributed by atoms with Crippen LogP contribution < -0.4 is 0 Å². The Morgan fingerprint density at radius 2 is 2.30 bits per heavy atom. The largest absolute Gasteiger partial charge is 0.361 e. The molecule has 0 spiro atoms. The summed E-state index contributed by atoms with van der Waals surface area (Å²) in [7, 11) is 0. The number of likely N-dealkylation sites (tertiary alicyclic amines) is 1. The van der Waals surface area contributed by atoms with Crippen LogP contribution in [0.2, 0.25) is 0 Å². The third-order valence-corrected chi connectivity index (χ3v) is 3.74. The molecule has 2 aromatic heterocycles. The van der Waals surface area contributed by atoms with Crippen molar-refractivity contribution in [1.82, 2.24) is 24.8 Å². The van der Waals surface area contributed by atoms with E-state index in [-0.39, 0.29) is 11.9 Å². The second-order valence-corrected chi connectivity index (χ2v) is 5.12. The summed E-state index contributed by atoms with van der Waals surface area (Å²) in [6.45, 7) is 4.97. The van der Waals surface area contributed by atoms with Gasteiger partial charge in [0.1, 0.15) is 24.0 Å². The van der Waals surface area contributed by atoms with Crippen LogP contribution in [0.3, 0.4) is 0 Å². The molecular formula is C13H17N5O2. The van der Waals surface area contributed by atoms with Gasteiger partial charge in [0.15, 0.2) is 0 Å². The Morgan fingerprint density at radius 3 is 2.95 bits per heavy atom. The average Bonchev–Trinajstić information content (AvgIpc) is 3.09. The summed E-state index contributed by atoms with van der Waals surface area (Å²) >= 11 is 0. The van der Waals surface area contributed by atoms with Gasteiger partial charge in [-0.2, -0.15) is 5.10 Å². The normalized spacial score (nSPS) is 19.3. The molecule has 1 fully saturated rings. The van der Waals surface area contributed by atoms with E-state index in [1.54, 1.807) is 20.2 Å². The van der Waals surface area contributed by atoms with Crippen LogP contribution in [0.4, 0.5) is 0 Å². The topological polar surface area (TPSA) is 77.0 Å². The van der Waals surface area contributed by atoms with E-state index in [0.717, 1.165) is 19.4 Å². The SMILES string of the molecule is Cc1noc(C)c1C(=O)N1CCC[C@H](n2cncn2)C1. The van der Waals surface area contributed by atoms with Gasteiger partial charge in [-0.05, 0) is 26.7 Å². The van der Waals surface area contributed by atoms with Crippen LogP contribution in [0, 0.1) is 13.8 Å². The van der Waals surface area contributed by atoms with E-state index < -0.39 is 0 Å². The molecule has 1 aliphatic heterocycles. The number of carbonyl (C=O) groups is 1. The third-order valence-electron chi connectivity index (χ3n) is 3.74. The van der Waals surface area contributed by atoms with E-state index in [9.17, 15) is 4.79 Å². The summed E-state index contributed by atoms with van der Waals surface area (Å²) < 4.78 is 6.91. The maximum absolute atomic E-state index is 12.6. The fourth-order valence-corrected chi connectivity index (χ4v) is 2.71. The maximum Gasteiger partial charge on any atom is 0.259 e. The van der Waals surface area contributed by atoms with Crippen molar-refractivity contribution in [3.05, 3.63) is 29.7 Å². The number of rotatable bonds is 2. The minimum Gasteiger partial charge on any atom is -0.361 e. The molecule has 1 atom stereocenters. The molecule has 0 unspecified atom stereocenters. The first-order valence-corrected chi connectivity index (χ1v) is 6.73. The predicted octanol–water partition coefficient (Wildman–Crippen LogP) is 1.36. The zero-order valence-corrected chi connectivity index (χ0v) is 11.6. The van der Waals surface area contributed by atoms with Crippen molar-refractivity contribution in [2.75, 3.05) is 13.1 Å². The van der Waals surface area contributed by atoms with Crippen molar-refractivity contribution in [3.63, 3.8) is 0 Å². The lowest BCUT2D eigenvalue weighted by Crippen LogP contribution is -2.41. The van der Waals surface area contributed by atoms with Crippen LogP contribution in [0.1, 0.15) is 40.7 Å². The van der Waals surface area contributed by atoms with Gasteiger partial charge in [0.05, 0.1) is 11.7 Å². The van der Waals surface area contributed by atoms with Gasteiger partial charge in [-0.3, -0.25) is 4.79 Å². The maximum atomic E-state index is 12.6. The highest BCUT2D eigenvalue weighted by atomic mass is 16.5. The van der Waals surface area contributed by atoms with Crippen LogP contribution in [-0.2, 0) is 0 Å². The lowest BCUT2D eigenvalue weighted by molar-refractivity contribution is 0.0670. The minimum atomic E-state index is -0.00827. The molecule has 0 radical (unpaired) electrons. The Morgan fingerprint density at radius 1 is 1.45 bits per heavy atom. The van der Waals surface area contributed by atoms with Gasteiger partial charge in [0.25, 0.3) is 5.91 Å². The fourth-order valence-electron chi connectivity index (χ4n) is 2.71. The number of piperidine rings is 1. The molecule has 1 saturated heterocycles. The van der Waals surface area contributed by atoms with Crippen molar-refractivity contribution in [1.29, 1.82) is 0 Å². The molecule has 3 rings (SSSR count). The Kier molecular flexibility index (Phi) is 3.25. The monoisotopic (exact) mass is 275 g/mol. The van der Waals surface area contributed by atoms with Gasteiger partial charge in [0.2, 0.25) is 0 Å². The van der Waals surface area contributed by atoms with Crippen molar-refractivity contribution in [2.45, 2.75) is 32.7 Å². The Hall–Kier alpha value is -2.18. The fraction of sp³-hybridized carbons (Fsp3) is 0.538. The number of hydrogen-bond donors (Lipinski definition) is 0. The number of aromatic nitrogens is 4. The first-order valence-electron chi connectivity index (χ1n) is 6.73. The average molecular weight is 275 g/mol. The van der Waals surface area contributed by atoms with Gasteiger partial charge < -0.3 is 9.42 Å². The van der Waals surface area contributed by atoms with E-state index in [1.807, 2.05) is 9.58 Å². The second-order valence-electron chi connectivity index (χ2n) is 5.12. The Balaban J connectivity index is 1.79. The first kappa shape index (κ1) is 12.8. The van der Waals surface area contributed by atoms with Gasteiger partial charge in [-0.15, -0.1) is 0 Å². The van der Waals surface area contributed by atoms with E-state index in [2.05, 4.69) is 15.2 Å². The van der Waals surface area contributed by atoms with E-state index in [4.69, 9.17) is 4.52 Å². The quantitative estimate of drug-likeness (QED) is 0.827. The van der Waals surface area contributed by atoms with Gasteiger partial charge in [-0.25, -0.2) is 9.67 Å². The summed E-state index contributed by atoms with van der Waals surface area (Å²) in [6, 6.07) is 0.190. The molecule has 7 heteroatoms. The minimum absolute atomic E-state index is 0.00827. The molecule has 0 bridgehead atoms. The van der Waals surface area contributed by atoms with E-state index in [0.29, 0.717) is 23.6 Å². The van der Waals surface area contributed by atoms with Crippen LogP contribution in [0.5, 0.6) is 0 Å². The number of nitrogens with zero attached hydrogens (tertiary/aromatic N) is 5. The number of carbonyl (C=O) groups excluding carboxylic acids is 1. The Labute approximate surface area is 116 Å². The molecule has 3 heterocycles. The summed E-state index contributed by atoms with van der Waals surface area (Å²) in [6.07, 6.45) is 5.19. The first-order chi connectivity index (χ1) is 9.66. The number of amides is 1. The molecule has 2 aromatic rings. The van der Waals surface area contributed by atoms with Crippen LogP contribution in [0.15, 0.2) is 17.2 Å². The molecule has 106 valence electrons. The molecular weight excluding hydrogens is 258 g/mol. The van der Waals surface area contributed by atoms with Crippen LogP contribution >= 0.6 is 0 Å². The highest BCUT2D eigenvalue weighted by Crippen LogP contribution is 2.23. The summed E-state index contributed by atoms with van der Waals surface area (Å²) in [5, 5.41) is 8.02. The molecule has 0 N–H and O–H groups in total. The molecule has 7 nitrogen and oxygen atoms in total. The lowest BCUT2D eigenvalue weighted by Gasteiger charge is -2.32. The van der Waals surface area contributed by atoms with Crippen LogP contribution in [-0.4, -0.2) is 43.8 Å². The molecule has 0 aliphatic carbocycles. The number of hydrogen-bond acceptors (Lipinski definition) is 5. The highest BCUT2D eigenvalue weighted by molar-refractivity contribution is 5.96. The van der Waals surface area contributed by atoms with E-state index >= 15 is 0 Å².